The molecule has 0 aromatic carbocycles. The van der Waals surface area contributed by atoms with E-state index in [2.05, 4.69) is 26.2 Å². The second-order valence-corrected chi connectivity index (χ2v) is 9.40. The van der Waals surface area contributed by atoms with E-state index in [-0.39, 0.29) is 23.2 Å². The van der Waals surface area contributed by atoms with Crippen LogP contribution in [0.1, 0.15) is 22.3 Å². The van der Waals surface area contributed by atoms with Gasteiger partial charge < -0.3 is 23.1 Å². The fourth-order valence-corrected chi connectivity index (χ4v) is 4.79. The normalized spacial score (nSPS) is 13.9. The minimum absolute atomic E-state index is 0.0196. The van der Waals surface area contributed by atoms with Crippen LogP contribution in [0.3, 0.4) is 0 Å². The van der Waals surface area contributed by atoms with Gasteiger partial charge in [-0.3, -0.25) is 4.79 Å². The Morgan fingerprint density at radius 1 is 1.24 bits per heavy atom. The number of aromatic nitrogens is 4. The number of hydrogen-bond acceptors (Lipinski definition) is 12. The summed E-state index contributed by atoms with van der Waals surface area (Å²) in [5.41, 5.74) is 1.08. The first kappa shape index (κ1) is 22.2. The van der Waals surface area contributed by atoms with Gasteiger partial charge in [0.1, 0.15) is 6.07 Å². The summed E-state index contributed by atoms with van der Waals surface area (Å²) >= 11 is 2.79. The van der Waals surface area contributed by atoms with Crippen molar-refractivity contribution < 1.29 is 18.0 Å². The third kappa shape index (κ3) is 4.82. The number of carbonyl (C=O) groups is 1. The number of nitriles is 1. The lowest BCUT2D eigenvalue weighted by molar-refractivity contribution is -0.128. The molecule has 1 amide bonds. The lowest BCUT2D eigenvalue weighted by atomic mass is 10.3. The van der Waals surface area contributed by atoms with Crippen LogP contribution in [-0.4, -0.2) is 62.9 Å². The van der Waals surface area contributed by atoms with E-state index < -0.39 is 0 Å². The van der Waals surface area contributed by atoms with Gasteiger partial charge in [-0.2, -0.15) is 10.2 Å². The number of thiazole rings is 1. The molecule has 4 aromatic heterocycles. The zero-order valence-electron chi connectivity index (χ0n) is 18.1. The first-order valence-corrected chi connectivity index (χ1v) is 12.3. The number of thioether (sulfide) groups is 1. The van der Waals surface area contributed by atoms with E-state index in [0.29, 0.717) is 55.4 Å². The highest BCUT2D eigenvalue weighted by Gasteiger charge is 2.27. The standard InChI is InChI=1S/C21H19N7O4S2/c1-13-23-14(11-33-13)9-17-25-26-21(31-17)34-12-18(29)27-4-6-28(7-5-27)20-15(10-22)24-19(32-20)16-3-2-8-30-16/h2-3,8,11H,4-7,9,12H2,1H3. The summed E-state index contributed by atoms with van der Waals surface area (Å²) in [4.78, 5) is 25.0. The molecule has 174 valence electrons. The SMILES string of the molecule is Cc1nc(Cc2nnc(SCC(=O)N3CCN(c4oc(-c5ccco5)nc4C#N)CC3)o2)cs1. The van der Waals surface area contributed by atoms with Crippen LogP contribution >= 0.6 is 23.1 Å². The van der Waals surface area contributed by atoms with Crippen LogP contribution in [0.2, 0.25) is 0 Å². The summed E-state index contributed by atoms with van der Waals surface area (Å²) in [5.74, 6) is 1.77. The predicted octanol–water partition coefficient (Wildman–Crippen LogP) is 2.99. The van der Waals surface area contributed by atoms with E-state index in [1.165, 1.54) is 18.0 Å². The van der Waals surface area contributed by atoms with Crippen molar-refractivity contribution in [3.05, 3.63) is 46.1 Å². The molecular weight excluding hydrogens is 478 g/mol. The maximum atomic E-state index is 12.7. The first-order chi connectivity index (χ1) is 16.6. The number of nitrogens with zero attached hydrogens (tertiary/aromatic N) is 7. The Balaban J connectivity index is 1.13. The number of amides is 1. The van der Waals surface area contributed by atoms with Gasteiger partial charge in [-0.15, -0.1) is 21.5 Å². The van der Waals surface area contributed by atoms with Crippen molar-refractivity contribution in [1.82, 2.24) is 25.1 Å². The topological polar surface area (TPSA) is 138 Å². The highest BCUT2D eigenvalue weighted by Crippen LogP contribution is 2.29. The van der Waals surface area contributed by atoms with Gasteiger partial charge in [0.2, 0.25) is 23.4 Å². The van der Waals surface area contributed by atoms with Crippen molar-refractivity contribution in [2.75, 3.05) is 36.8 Å². The molecule has 13 heteroatoms. The summed E-state index contributed by atoms with van der Waals surface area (Å²) in [7, 11) is 0. The number of oxazole rings is 1. The molecule has 1 saturated heterocycles. The number of piperazine rings is 1. The summed E-state index contributed by atoms with van der Waals surface area (Å²) in [6.45, 7) is 3.99. The third-order valence-corrected chi connectivity index (χ3v) is 6.76. The van der Waals surface area contributed by atoms with Crippen LogP contribution in [0, 0.1) is 18.3 Å². The summed E-state index contributed by atoms with van der Waals surface area (Å²) < 4.78 is 16.7. The number of rotatable bonds is 7. The lowest BCUT2D eigenvalue weighted by Crippen LogP contribution is -2.49. The molecule has 5 heterocycles. The van der Waals surface area contributed by atoms with Crippen LogP contribution < -0.4 is 4.90 Å². The molecule has 0 bridgehead atoms. The zero-order chi connectivity index (χ0) is 23.5. The number of furan rings is 1. The van der Waals surface area contributed by atoms with Gasteiger partial charge in [0.15, 0.2) is 5.76 Å². The van der Waals surface area contributed by atoms with Crippen molar-refractivity contribution in [1.29, 1.82) is 5.26 Å². The molecule has 1 aliphatic rings. The molecule has 0 unspecified atom stereocenters. The number of hydrogen-bond donors (Lipinski definition) is 0. The van der Waals surface area contributed by atoms with E-state index in [4.69, 9.17) is 13.3 Å². The summed E-state index contributed by atoms with van der Waals surface area (Å²) in [5, 5.41) is 20.8. The third-order valence-electron chi connectivity index (χ3n) is 5.13. The molecule has 34 heavy (non-hydrogen) atoms. The second-order valence-electron chi connectivity index (χ2n) is 7.41. The average Bonchev–Trinajstić information content (AvgIpc) is 3.65. The molecule has 1 fully saturated rings. The quantitative estimate of drug-likeness (QED) is 0.348. The van der Waals surface area contributed by atoms with E-state index >= 15 is 0 Å². The van der Waals surface area contributed by atoms with E-state index in [1.54, 1.807) is 28.4 Å². The minimum Gasteiger partial charge on any atom is -0.459 e. The van der Waals surface area contributed by atoms with Crippen LogP contribution in [0.5, 0.6) is 0 Å². The molecule has 5 rings (SSSR count). The van der Waals surface area contributed by atoms with Gasteiger partial charge in [0.25, 0.3) is 11.1 Å². The number of carbonyl (C=O) groups excluding carboxylic acids is 1. The Morgan fingerprint density at radius 3 is 2.79 bits per heavy atom. The molecule has 0 saturated carbocycles. The molecular formula is C21H19N7O4S2. The predicted molar refractivity (Wildman–Crippen MR) is 122 cm³/mol. The Labute approximate surface area is 202 Å². The molecule has 0 spiro atoms. The van der Waals surface area contributed by atoms with Crippen molar-refractivity contribution in [2.24, 2.45) is 0 Å². The minimum atomic E-state index is -0.0196. The fourth-order valence-electron chi connectivity index (χ4n) is 3.49. The number of aryl methyl sites for hydroxylation is 1. The smallest absolute Gasteiger partial charge is 0.277 e. The Bertz CT molecular complexity index is 1310. The van der Waals surface area contributed by atoms with Crippen LogP contribution in [0.25, 0.3) is 11.7 Å². The monoisotopic (exact) mass is 497 g/mol. The Morgan fingerprint density at radius 2 is 2.09 bits per heavy atom. The van der Waals surface area contributed by atoms with Gasteiger partial charge in [0, 0.05) is 31.6 Å². The largest absolute Gasteiger partial charge is 0.459 e. The Hall–Kier alpha value is -3.63. The first-order valence-electron chi connectivity index (χ1n) is 10.4. The number of anilines is 1. The van der Waals surface area contributed by atoms with Crippen molar-refractivity contribution in [3.63, 3.8) is 0 Å². The van der Waals surface area contributed by atoms with Gasteiger partial charge in [-0.25, -0.2) is 4.98 Å². The average molecular weight is 498 g/mol. The van der Waals surface area contributed by atoms with E-state index in [9.17, 15) is 10.1 Å². The maximum absolute atomic E-state index is 12.7. The zero-order valence-corrected chi connectivity index (χ0v) is 19.8. The second kappa shape index (κ2) is 9.70. The van der Waals surface area contributed by atoms with Gasteiger partial charge in [-0.1, -0.05) is 11.8 Å². The highest BCUT2D eigenvalue weighted by atomic mass is 32.2. The molecule has 4 aromatic rings. The molecule has 1 aliphatic heterocycles. The van der Waals surface area contributed by atoms with Crippen molar-refractivity contribution in [3.8, 4) is 17.7 Å². The molecule has 0 N–H and O–H groups in total. The lowest BCUT2D eigenvalue weighted by Gasteiger charge is -2.34. The molecule has 0 radical (unpaired) electrons. The Kier molecular flexibility index (Phi) is 6.33. The molecule has 11 nitrogen and oxygen atoms in total. The van der Waals surface area contributed by atoms with Crippen molar-refractivity contribution >= 4 is 34.9 Å². The van der Waals surface area contributed by atoms with Crippen LogP contribution in [0.4, 0.5) is 5.88 Å². The summed E-state index contributed by atoms with van der Waals surface area (Å²) in [6.07, 6.45) is 1.99. The van der Waals surface area contributed by atoms with Crippen LogP contribution in [0.15, 0.2) is 42.3 Å². The molecule has 0 aliphatic carbocycles. The van der Waals surface area contributed by atoms with E-state index in [0.717, 1.165) is 10.7 Å². The van der Waals surface area contributed by atoms with Gasteiger partial charge in [0.05, 0.1) is 29.1 Å². The van der Waals surface area contributed by atoms with Crippen molar-refractivity contribution in [2.45, 2.75) is 18.6 Å². The van der Waals surface area contributed by atoms with E-state index in [1.807, 2.05) is 17.2 Å². The van der Waals surface area contributed by atoms with Crippen LogP contribution in [-0.2, 0) is 11.2 Å². The molecule has 0 atom stereocenters. The highest BCUT2D eigenvalue weighted by molar-refractivity contribution is 7.99. The fraction of sp³-hybridized carbons (Fsp3) is 0.333. The summed E-state index contributed by atoms with van der Waals surface area (Å²) in [6, 6.07) is 5.51. The van der Waals surface area contributed by atoms with Gasteiger partial charge >= 0.3 is 0 Å². The maximum Gasteiger partial charge on any atom is 0.277 e. The van der Waals surface area contributed by atoms with Gasteiger partial charge in [-0.05, 0) is 19.1 Å².